The molecule has 1 aromatic rings. The Bertz CT molecular complexity index is 701. The highest BCUT2D eigenvalue weighted by Crippen LogP contribution is 2.35. The van der Waals surface area contributed by atoms with E-state index in [1.54, 1.807) is 6.20 Å². The quantitative estimate of drug-likeness (QED) is 0.697. The van der Waals surface area contributed by atoms with Gasteiger partial charge in [-0.25, -0.2) is 9.97 Å². The van der Waals surface area contributed by atoms with Crippen LogP contribution in [0.5, 0.6) is 0 Å². The molecular formula is C22H33N5O. The molecular weight excluding hydrogens is 350 g/mol. The molecule has 6 nitrogen and oxygen atoms in total. The lowest BCUT2D eigenvalue weighted by atomic mass is 9.96. The van der Waals surface area contributed by atoms with Crippen LogP contribution in [0.3, 0.4) is 0 Å². The summed E-state index contributed by atoms with van der Waals surface area (Å²) in [5.41, 5.74) is 9.05. The molecule has 1 aliphatic heterocycles. The maximum Gasteiger partial charge on any atom is 0.223 e. The van der Waals surface area contributed by atoms with Gasteiger partial charge in [0.25, 0.3) is 0 Å². The van der Waals surface area contributed by atoms with Crippen LogP contribution in [0.1, 0.15) is 69.9 Å². The first kappa shape index (κ1) is 19.4. The number of anilines is 1. The van der Waals surface area contributed by atoms with Crippen LogP contribution in [-0.4, -0.2) is 41.0 Å². The number of aromatic nitrogens is 2. The van der Waals surface area contributed by atoms with Gasteiger partial charge in [0, 0.05) is 42.9 Å². The number of hydrogen-bond donors (Lipinski definition) is 2. The third kappa shape index (κ3) is 5.31. The summed E-state index contributed by atoms with van der Waals surface area (Å²) in [6.45, 7) is 1.60. The zero-order valence-corrected chi connectivity index (χ0v) is 16.8. The lowest BCUT2D eigenvalue weighted by Crippen LogP contribution is -2.24. The summed E-state index contributed by atoms with van der Waals surface area (Å²) in [5.74, 6) is 1.45. The van der Waals surface area contributed by atoms with Crippen molar-refractivity contribution in [2.24, 2.45) is 16.6 Å². The highest BCUT2D eigenvalue weighted by Gasteiger charge is 2.27. The summed E-state index contributed by atoms with van der Waals surface area (Å²) in [7, 11) is 0. The van der Waals surface area contributed by atoms with E-state index in [9.17, 15) is 0 Å². The number of nitrogens with one attached hydrogen (secondary N) is 1. The first-order valence-electron chi connectivity index (χ1n) is 11.0. The van der Waals surface area contributed by atoms with Crippen LogP contribution < -0.4 is 11.1 Å². The molecule has 0 atom stereocenters. The van der Waals surface area contributed by atoms with Crippen LogP contribution in [0.25, 0.3) is 5.57 Å². The van der Waals surface area contributed by atoms with Gasteiger partial charge in [-0.2, -0.15) is 0 Å². The van der Waals surface area contributed by atoms with E-state index in [-0.39, 0.29) is 0 Å². The van der Waals surface area contributed by atoms with Crippen molar-refractivity contribution < 1.29 is 4.74 Å². The van der Waals surface area contributed by atoms with Crippen molar-refractivity contribution in [1.29, 1.82) is 0 Å². The molecule has 0 unspecified atom stereocenters. The SMILES string of the molecule is NC=C(C(CC1CC1)=NC1CCOCC1)c1ccnc(NC2CCCCC2)n1. The molecule has 0 spiro atoms. The highest BCUT2D eigenvalue weighted by atomic mass is 16.5. The first-order chi connectivity index (χ1) is 13.8. The summed E-state index contributed by atoms with van der Waals surface area (Å²) >= 11 is 0. The van der Waals surface area contributed by atoms with Crippen molar-refractivity contribution in [2.45, 2.75) is 76.3 Å². The van der Waals surface area contributed by atoms with Gasteiger partial charge in [-0.3, -0.25) is 4.99 Å². The minimum Gasteiger partial charge on any atom is -0.404 e. The molecule has 3 N–H and O–H groups in total. The number of rotatable bonds is 7. The van der Waals surface area contributed by atoms with Crippen LogP contribution in [-0.2, 0) is 4.74 Å². The number of nitrogens with two attached hydrogens (primary N) is 1. The van der Waals surface area contributed by atoms with Gasteiger partial charge in [0.15, 0.2) is 0 Å². The fourth-order valence-corrected chi connectivity index (χ4v) is 4.20. The van der Waals surface area contributed by atoms with Gasteiger partial charge < -0.3 is 15.8 Å². The molecule has 0 aromatic carbocycles. The number of allylic oxidation sites excluding steroid dienone is 1. The Morgan fingerprint density at radius 1 is 1.14 bits per heavy atom. The predicted octanol–water partition coefficient (Wildman–Crippen LogP) is 3.94. The van der Waals surface area contributed by atoms with E-state index in [0.717, 1.165) is 55.4 Å². The summed E-state index contributed by atoms with van der Waals surface area (Å²) in [4.78, 5) is 14.4. The van der Waals surface area contributed by atoms with Gasteiger partial charge >= 0.3 is 0 Å². The minimum atomic E-state index is 0.333. The van der Waals surface area contributed by atoms with E-state index in [0.29, 0.717) is 18.0 Å². The molecule has 152 valence electrons. The molecule has 2 aliphatic carbocycles. The minimum absolute atomic E-state index is 0.333. The largest absolute Gasteiger partial charge is 0.404 e. The van der Waals surface area contributed by atoms with Gasteiger partial charge in [-0.05, 0) is 56.9 Å². The molecule has 6 heteroatoms. The Morgan fingerprint density at radius 3 is 2.64 bits per heavy atom. The molecule has 0 radical (unpaired) electrons. The smallest absolute Gasteiger partial charge is 0.223 e. The molecule has 28 heavy (non-hydrogen) atoms. The molecule has 3 aliphatic rings. The third-order valence-corrected chi connectivity index (χ3v) is 6.06. The Kier molecular flexibility index (Phi) is 6.57. The van der Waals surface area contributed by atoms with Gasteiger partial charge in [0.2, 0.25) is 5.95 Å². The van der Waals surface area contributed by atoms with Crippen molar-refractivity contribution in [3.8, 4) is 0 Å². The van der Waals surface area contributed by atoms with Crippen LogP contribution >= 0.6 is 0 Å². The zero-order chi connectivity index (χ0) is 19.2. The second-order valence-electron chi connectivity index (χ2n) is 8.39. The van der Waals surface area contributed by atoms with Crippen molar-refractivity contribution >= 4 is 17.2 Å². The fraction of sp³-hybridized carbons (Fsp3) is 0.682. The topological polar surface area (TPSA) is 85.4 Å². The molecule has 2 heterocycles. The van der Waals surface area contributed by atoms with Crippen molar-refractivity contribution in [3.05, 3.63) is 24.2 Å². The van der Waals surface area contributed by atoms with Crippen LogP contribution in [0.2, 0.25) is 0 Å². The molecule has 0 bridgehead atoms. The Morgan fingerprint density at radius 2 is 1.93 bits per heavy atom. The molecule has 1 aromatic heterocycles. The Labute approximate surface area is 168 Å². The standard InChI is InChI=1S/C22H33N5O/c23-15-19(21(14-16-6-7-16)25-18-9-12-28-13-10-18)20-8-11-24-22(27-20)26-17-4-2-1-3-5-17/h8,11,15-18H,1-7,9-10,12-14,23H2,(H,24,26,27). The first-order valence-corrected chi connectivity index (χ1v) is 11.0. The third-order valence-electron chi connectivity index (χ3n) is 6.06. The van der Waals surface area contributed by atoms with Gasteiger partial charge in [0.1, 0.15) is 0 Å². The summed E-state index contributed by atoms with van der Waals surface area (Å²) < 4.78 is 5.50. The second kappa shape index (κ2) is 9.50. The maximum absolute atomic E-state index is 6.09. The monoisotopic (exact) mass is 383 g/mol. The van der Waals surface area contributed by atoms with E-state index < -0.39 is 0 Å². The van der Waals surface area contributed by atoms with Gasteiger partial charge in [-0.15, -0.1) is 0 Å². The van der Waals surface area contributed by atoms with Crippen molar-refractivity contribution in [3.63, 3.8) is 0 Å². The average Bonchev–Trinajstić information content (AvgIpc) is 3.54. The summed E-state index contributed by atoms with van der Waals surface area (Å²) in [6, 6.07) is 2.77. The lowest BCUT2D eigenvalue weighted by Gasteiger charge is -2.23. The maximum atomic E-state index is 6.09. The van der Waals surface area contributed by atoms with E-state index in [4.69, 9.17) is 20.4 Å². The van der Waals surface area contributed by atoms with Crippen LogP contribution in [0.15, 0.2) is 23.5 Å². The number of aliphatic imine (C=N–C) groups is 1. The van der Waals surface area contributed by atoms with Gasteiger partial charge in [0.05, 0.1) is 11.7 Å². The number of hydrogen-bond acceptors (Lipinski definition) is 6. The average molecular weight is 384 g/mol. The van der Waals surface area contributed by atoms with E-state index in [1.807, 2.05) is 12.3 Å². The summed E-state index contributed by atoms with van der Waals surface area (Å²) in [6.07, 6.45) is 15.4. The normalized spacial score (nSPS) is 23.0. The zero-order valence-electron chi connectivity index (χ0n) is 16.8. The predicted molar refractivity (Wildman–Crippen MR) is 113 cm³/mol. The van der Waals surface area contributed by atoms with E-state index in [2.05, 4.69) is 10.3 Å². The summed E-state index contributed by atoms with van der Waals surface area (Å²) in [5, 5.41) is 3.53. The Balaban J connectivity index is 1.53. The van der Waals surface area contributed by atoms with Gasteiger partial charge in [-0.1, -0.05) is 19.3 Å². The second-order valence-corrected chi connectivity index (χ2v) is 8.39. The van der Waals surface area contributed by atoms with Crippen molar-refractivity contribution in [1.82, 2.24) is 9.97 Å². The Hall–Kier alpha value is -1.95. The number of nitrogens with zero attached hydrogens (tertiary/aromatic N) is 3. The van der Waals surface area contributed by atoms with Crippen LogP contribution in [0.4, 0.5) is 5.95 Å². The molecule has 4 rings (SSSR count). The highest BCUT2D eigenvalue weighted by molar-refractivity contribution is 6.23. The van der Waals surface area contributed by atoms with Crippen molar-refractivity contribution in [2.75, 3.05) is 18.5 Å². The molecule has 3 fully saturated rings. The number of ether oxygens (including phenoxy) is 1. The fourth-order valence-electron chi connectivity index (χ4n) is 4.20. The molecule has 0 amide bonds. The molecule has 1 saturated heterocycles. The van der Waals surface area contributed by atoms with E-state index >= 15 is 0 Å². The lowest BCUT2D eigenvalue weighted by molar-refractivity contribution is 0.0871. The molecule has 2 saturated carbocycles. The van der Waals surface area contributed by atoms with Crippen LogP contribution in [0, 0.1) is 5.92 Å². The van der Waals surface area contributed by atoms with E-state index in [1.165, 1.54) is 44.9 Å².